The zero-order valence-electron chi connectivity index (χ0n) is 11.8. The Kier molecular flexibility index (Phi) is 3.59. The number of nitrogens with one attached hydrogen (secondary N) is 1. The summed E-state index contributed by atoms with van der Waals surface area (Å²) in [5.41, 5.74) is 0.851. The standard InChI is InChI=1S/C13H20N4O2/c1-8(2)17-7-10(6-12(17)18)13(19)14-11-5-9(3)15-16(11)4/h5,8,10H,6-7H2,1-4H3,(H,14,19)/t10-/m1/s1. The highest BCUT2D eigenvalue weighted by Gasteiger charge is 2.35. The number of rotatable bonds is 3. The second-order valence-corrected chi connectivity index (χ2v) is 5.32. The lowest BCUT2D eigenvalue weighted by Gasteiger charge is -2.20. The molecule has 6 nitrogen and oxygen atoms in total. The number of aromatic nitrogens is 2. The van der Waals surface area contributed by atoms with E-state index in [1.54, 1.807) is 16.6 Å². The van der Waals surface area contributed by atoms with E-state index in [-0.39, 0.29) is 23.8 Å². The Bertz CT molecular complexity index is 507. The molecule has 1 N–H and O–H groups in total. The fourth-order valence-corrected chi connectivity index (χ4v) is 2.36. The molecule has 0 unspecified atom stereocenters. The van der Waals surface area contributed by atoms with Crippen LogP contribution < -0.4 is 5.32 Å². The van der Waals surface area contributed by atoms with Crippen LogP contribution in [0.4, 0.5) is 5.82 Å². The molecule has 0 saturated carbocycles. The third-order valence-corrected chi connectivity index (χ3v) is 3.41. The summed E-state index contributed by atoms with van der Waals surface area (Å²) in [7, 11) is 1.78. The summed E-state index contributed by atoms with van der Waals surface area (Å²) in [6, 6.07) is 1.96. The van der Waals surface area contributed by atoms with Gasteiger partial charge in [-0.2, -0.15) is 5.10 Å². The Morgan fingerprint density at radius 2 is 2.21 bits per heavy atom. The molecular formula is C13H20N4O2. The maximum atomic E-state index is 12.2. The molecule has 2 rings (SSSR count). The number of nitrogens with zero attached hydrogens (tertiary/aromatic N) is 3. The third kappa shape index (κ3) is 2.77. The highest BCUT2D eigenvalue weighted by Crippen LogP contribution is 2.21. The summed E-state index contributed by atoms with van der Waals surface area (Å²) in [6.45, 7) is 6.29. The van der Waals surface area contributed by atoms with Crippen LogP contribution in [0.2, 0.25) is 0 Å². The lowest BCUT2D eigenvalue weighted by Crippen LogP contribution is -2.33. The van der Waals surface area contributed by atoms with Crippen LogP contribution in [0.5, 0.6) is 0 Å². The van der Waals surface area contributed by atoms with Gasteiger partial charge in [0.15, 0.2) is 0 Å². The van der Waals surface area contributed by atoms with E-state index in [0.29, 0.717) is 18.8 Å². The van der Waals surface area contributed by atoms with Crippen molar-refractivity contribution in [2.75, 3.05) is 11.9 Å². The predicted octanol–water partition coefficient (Wildman–Crippen LogP) is 0.924. The highest BCUT2D eigenvalue weighted by atomic mass is 16.2. The van der Waals surface area contributed by atoms with Gasteiger partial charge in [0.1, 0.15) is 5.82 Å². The molecule has 1 aliphatic heterocycles. The van der Waals surface area contributed by atoms with Crippen LogP contribution >= 0.6 is 0 Å². The van der Waals surface area contributed by atoms with E-state index in [2.05, 4.69) is 10.4 Å². The first kappa shape index (κ1) is 13.6. The van der Waals surface area contributed by atoms with Crippen molar-refractivity contribution in [3.05, 3.63) is 11.8 Å². The van der Waals surface area contributed by atoms with Gasteiger partial charge in [0.25, 0.3) is 0 Å². The number of carbonyl (C=O) groups is 2. The van der Waals surface area contributed by atoms with E-state index >= 15 is 0 Å². The summed E-state index contributed by atoms with van der Waals surface area (Å²) in [6.07, 6.45) is 0.293. The molecule has 104 valence electrons. The van der Waals surface area contributed by atoms with Crippen molar-refractivity contribution in [1.29, 1.82) is 0 Å². The first-order chi connectivity index (χ1) is 8.88. The van der Waals surface area contributed by atoms with Crippen molar-refractivity contribution < 1.29 is 9.59 Å². The minimum absolute atomic E-state index is 0.0522. The Morgan fingerprint density at radius 3 is 2.68 bits per heavy atom. The average Bonchev–Trinajstić information content (AvgIpc) is 2.83. The largest absolute Gasteiger partial charge is 0.339 e. The second-order valence-electron chi connectivity index (χ2n) is 5.32. The van der Waals surface area contributed by atoms with Crippen LogP contribution in [0, 0.1) is 12.8 Å². The van der Waals surface area contributed by atoms with Crippen LogP contribution in [0.15, 0.2) is 6.07 Å². The van der Waals surface area contributed by atoms with Gasteiger partial charge in [-0.15, -0.1) is 0 Å². The first-order valence-corrected chi connectivity index (χ1v) is 6.49. The van der Waals surface area contributed by atoms with E-state index in [1.165, 1.54) is 0 Å². The van der Waals surface area contributed by atoms with Crippen molar-refractivity contribution in [1.82, 2.24) is 14.7 Å². The zero-order valence-corrected chi connectivity index (χ0v) is 11.8. The molecule has 6 heteroatoms. The summed E-state index contributed by atoms with van der Waals surface area (Å²) < 4.78 is 1.63. The normalized spacial score (nSPS) is 19.3. The monoisotopic (exact) mass is 264 g/mol. The second kappa shape index (κ2) is 5.03. The minimum Gasteiger partial charge on any atom is -0.339 e. The number of hydrogen-bond donors (Lipinski definition) is 1. The molecule has 0 spiro atoms. The maximum Gasteiger partial charge on any atom is 0.230 e. The van der Waals surface area contributed by atoms with Crippen LogP contribution in [0.25, 0.3) is 0 Å². The molecule has 0 aromatic carbocycles. The predicted molar refractivity (Wildman–Crippen MR) is 71.5 cm³/mol. The maximum absolute atomic E-state index is 12.2. The third-order valence-electron chi connectivity index (χ3n) is 3.41. The number of hydrogen-bond acceptors (Lipinski definition) is 3. The topological polar surface area (TPSA) is 67.2 Å². The van der Waals surface area contributed by atoms with E-state index in [1.807, 2.05) is 26.8 Å². The van der Waals surface area contributed by atoms with Crippen LogP contribution in [-0.2, 0) is 16.6 Å². The summed E-state index contributed by atoms with van der Waals surface area (Å²) in [5, 5.41) is 7.01. The summed E-state index contributed by atoms with van der Waals surface area (Å²) in [4.78, 5) is 25.7. The van der Waals surface area contributed by atoms with Crippen molar-refractivity contribution in [2.45, 2.75) is 33.2 Å². The van der Waals surface area contributed by atoms with E-state index in [0.717, 1.165) is 5.69 Å². The van der Waals surface area contributed by atoms with Gasteiger partial charge in [0.2, 0.25) is 11.8 Å². The van der Waals surface area contributed by atoms with Gasteiger partial charge in [-0.3, -0.25) is 14.3 Å². The van der Waals surface area contributed by atoms with Crippen LogP contribution in [0.3, 0.4) is 0 Å². The summed E-state index contributed by atoms with van der Waals surface area (Å²) >= 11 is 0. The average molecular weight is 264 g/mol. The molecule has 2 heterocycles. The molecule has 1 aromatic rings. The first-order valence-electron chi connectivity index (χ1n) is 6.49. The van der Waals surface area contributed by atoms with Crippen molar-refractivity contribution in [3.8, 4) is 0 Å². The Labute approximate surface area is 112 Å². The van der Waals surface area contributed by atoms with Gasteiger partial charge in [-0.05, 0) is 20.8 Å². The highest BCUT2D eigenvalue weighted by molar-refractivity contribution is 5.96. The fourth-order valence-electron chi connectivity index (χ4n) is 2.36. The van der Waals surface area contributed by atoms with E-state index in [4.69, 9.17) is 0 Å². The van der Waals surface area contributed by atoms with E-state index < -0.39 is 0 Å². The molecule has 2 amide bonds. The van der Waals surface area contributed by atoms with E-state index in [9.17, 15) is 9.59 Å². The molecule has 1 aliphatic rings. The lowest BCUT2D eigenvalue weighted by molar-refractivity contribution is -0.129. The molecule has 0 radical (unpaired) electrons. The van der Waals surface area contributed by atoms with Gasteiger partial charge < -0.3 is 10.2 Å². The molecule has 1 aromatic heterocycles. The molecule has 1 saturated heterocycles. The number of amides is 2. The van der Waals surface area contributed by atoms with Crippen molar-refractivity contribution in [3.63, 3.8) is 0 Å². The molecule has 0 bridgehead atoms. The molecule has 0 aliphatic carbocycles. The Balaban J connectivity index is 2.02. The van der Waals surface area contributed by atoms with Crippen molar-refractivity contribution >= 4 is 17.6 Å². The van der Waals surface area contributed by atoms with Gasteiger partial charge in [-0.25, -0.2) is 0 Å². The van der Waals surface area contributed by atoms with Crippen molar-refractivity contribution in [2.24, 2.45) is 13.0 Å². The molecule has 1 atom stereocenters. The van der Waals surface area contributed by atoms with Gasteiger partial charge in [-0.1, -0.05) is 0 Å². The quantitative estimate of drug-likeness (QED) is 0.883. The Morgan fingerprint density at radius 1 is 1.53 bits per heavy atom. The van der Waals surface area contributed by atoms with Gasteiger partial charge in [0.05, 0.1) is 11.6 Å². The SMILES string of the molecule is Cc1cc(NC(=O)[C@@H]2CC(=O)N(C(C)C)C2)n(C)n1. The lowest BCUT2D eigenvalue weighted by atomic mass is 10.1. The summed E-state index contributed by atoms with van der Waals surface area (Å²) in [5.74, 6) is 0.332. The Hall–Kier alpha value is -1.85. The molecule has 1 fully saturated rings. The molecular weight excluding hydrogens is 244 g/mol. The van der Waals surface area contributed by atoms with Gasteiger partial charge >= 0.3 is 0 Å². The minimum atomic E-state index is -0.273. The van der Waals surface area contributed by atoms with Crippen LogP contribution in [0.1, 0.15) is 26.0 Å². The number of anilines is 1. The fraction of sp³-hybridized carbons (Fsp3) is 0.615. The number of likely N-dealkylation sites (tertiary alicyclic amines) is 1. The zero-order chi connectivity index (χ0) is 14.2. The number of aryl methyl sites for hydroxylation is 2. The van der Waals surface area contributed by atoms with Gasteiger partial charge in [0, 0.05) is 32.1 Å². The molecule has 19 heavy (non-hydrogen) atoms. The number of carbonyl (C=O) groups excluding carboxylic acids is 2. The smallest absolute Gasteiger partial charge is 0.230 e. The van der Waals surface area contributed by atoms with Crippen LogP contribution in [-0.4, -0.2) is 39.1 Å².